The third-order valence-corrected chi connectivity index (χ3v) is 6.86. The number of carbonyl (C=O) groups is 2. The van der Waals surface area contributed by atoms with E-state index in [4.69, 9.17) is 14.6 Å². The van der Waals surface area contributed by atoms with Gasteiger partial charge >= 0.3 is 12.1 Å². The summed E-state index contributed by atoms with van der Waals surface area (Å²) in [5.41, 5.74) is 0. The Morgan fingerprint density at radius 2 is 1.94 bits per heavy atom. The molecule has 0 saturated carbocycles. The lowest BCUT2D eigenvalue weighted by Gasteiger charge is -2.33. The lowest BCUT2D eigenvalue weighted by Crippen LogP contribution is -2.44. The molecule has 3 saturated heterocycles. The highest BCUT2D eigenvalue weighted by Crippen LogP contribution is 2.35. The van der Waals surface area contributed by atoms with Gasteiger partial charge in [0, 0.05) is 31.2 Å². The van der Waals surface area contributed by atoms with Crippen LogP contribution in [-0.2, 0) is 20.9 Å². The van der Waals surface area contributed by atoms with Crippen LogP contribution in [-0.4, -0.2) is 76.3 Å². The molecule has 4 heterocycles. The zero-order valence-corrected chi connectivity index (χ0v) is 18.2. The van der Waals surface area contributed by atoms with Crippen molar-refractivity contribution in [2.75, 3.05) is 26.2 Å². The Morgan fingerprint density at radius 3 is 2.52 bits per heavy atom. The first-order valence-corrected chi connectivity index (χ1v) is 11.4. The number of carbonyl (C=O) groups excluding carboxylic acids is 1. The standard InChI is InChI=1S/C18H27N3O2S.C2HF3O2/c1-13-2-7-21(8-3-13)18(22)15-10-14-4-6-20(11-16(14)23-15)12-17-19-5-9-24-17;3-2(4,5)1(6)7/h5,9,13-16H,2-4,6-8,10-12H2,1H3;(H,6,7)/t14-,15-,16+;/m0./s1. The largest absolute Gasteiger partial charge is 0.490 e. The van der Waals surface area contributed by atoms with Crippen molar-refractivity contribution in [1.29, 1.82) is 0 Å². The van der Waals surface area contributed by atoms with Crippen molar-refractivity contribution < 1.29 is 32.6 Å². The average Bonchev–Trinajstić information content (AvgIpc) is 3.37. The summed E-state index contributed by atoms with van der Waals surface area (Å²) in [4.78, 5) is 30.5. The first-order valence-electron chi connectivity index (χ1n) is 10.5. The van der Waals surface area contributed by atoms with Crippen LogP contribution < -0.4 is 0 Å². The Morgan fingerprint density at radius 1 is 1.26 bits per heavy atom. The smallest absolute Gasteiger partial charge is 0.475 e. The van der Waals surface area contributed by atoms with Crippen LogP contribution in [0.4, 0.5) is 13.2 Å². The molecule has 1 aromatic heterocycles. The molecule has 31 heavy (non-hydrogen) atoms. The number of aromatic nitrogens is 1. The summed E-state index contributed by atoms with van der Waals surface area (Å²) in [7, 11) is 0. The molecule has 0 aromatic carbocycles. The maximum absolute atomic E-state index is 12.8. The van der Waals surface area contributed by atoms with E-state index in [-0.39, 0.29) is 18.1 Å². The highest BCUT2D eigenvalue weighted by Gasteiger charge is 2.43. The van der Waals surface area contributed by atoms with Gasteiger partial charge < -0.3 is 14.7 Å². The number of alkyl halides is 3. The van der Waals surface area contributed by atoms with Crippen molar-refractivity contribution in [2.24, 2.45) is 11.8 Å². The van der Waals surface area contributed by atoms with Crippen LogP contribution in [0.3, 0.4) is 0 Å². The van der Waals surface area contributed by atoms with Crippen molar-refractivity contribution in [1.82, 2.24) is 14.8 Å². The van der Waals surface area contributed by atoms with Crippen LogP contribution in [0.1, 0.15) is 37.6 Å². The number of piperidine rings is 2. The van der Waals surface area contributed by atoms with Gasteiger partial charge in [0.05, 0.1) is 12.6 Å². The molecule has 7 nitrogen and oxygen atoms in total. The molecular weight excluding hydrogens is 435 g/mol. The quantitative estimate of drug-likeness (QED) is 0.742. The predicted molar refractivity (Wildman–Crippen MR) is 107 cm³/mol. The molecule has 174 valence electrons. The summed E-state index contributed by atoms with van der Waals surface area (Å²) >= 11 is 1.71. The Bertz CT molecular complexity index is 739. The van der Waals surface area contributed by atoms with E-state index in [0.717, 1.165) is 64.3 Å². The van der Waals surface area contributed by atoms with E-state index in [1.807, 2.05) is 16.5 Å². The molecule has 3 aliphatic rings. The zero-order valence-electron chi connectivity index (χ0n) is 17.4. The summed E-state index contributed by atoms with van der Waals surface area (Å²) in [5, 5.41) is 10.3. The Hall–Kier alpha value is -1.72. The topological polar surface area (TPSA) is 83.0 Å². The summed E-state index contributed by atoms with van der Waals surface area (Å²) in [6.45, 7) is 7.03. The Balaban J connectivity index is 0.000000339. The summed E-state index contributed by atoms with van der Waals surface area (Å²) in [5.74, 6) is -1.22. The average molecular weight is 464 g/mol. The van der Waals surface area contributed by atoms with E-state index >= 15 is 0 Å². The molecule has 0 radical (unpaired) electrons. The van der Waals surface area contributed by atoms with Crippen molar-refractivity contribution in [2.45, 2.75) is 57.5 Å². The van der Waals surface area contributed by atoms with E-state index in [1.165, 1.54) is 5.01 Å². The molecule has 11 heteroatoms. The molecule has 3 fully saturated rings. The fourth-order valence-electron chi connectivity index (χ4n) is 4.25. The molecule has 3 aliphatic heterocycles. The second-order valence-corrected chi connectivity index (χ2v) is 9.40. The van der Waals surface area contributed by atoms with Crippen LogP contribution in [0, 0.1) is 11.8 Å². The van der Waals surface area contributed by atoms with Crippen molar-refractivity contribution in [3.8, 4) is 0 Å². The second-order valence-electron chi connectivity index (χ2n) is 8.42. The maximum atomic E-state index is 12.8. The number of hydrogen-bond acceptors (Lipinski definition) is 6. The number of halogens is 3. The number of thiazole rings is 1. The minimum absolute atomic E-state index is 0.201. The van der Waals surface area contributed by atoms with E-state index in [1.54, 1.807) is 11.3 Å². The van der Waals surface area contributed by atoms with Crippen molar-refractivity contribution in [3.05, 3.63) is 16.6 Å². The Kier molecular flexibility index (Phi) is 7.92. The molecule has 3 atom stereocenters. The van der Waals surface area contributed by atoms with Crippen LogP contribution in [0.15, 0.2) is 11.6 Å². The number of fused-ring (bicyclic) bond motifs is 1. The third-order valence-electron chi connectivity index (χ3n) is 6.09. The number of carboxylic acids is 1. The number of amides is 1. The number of carboxylic acid groups (broad SMARTS) is 1. The van der Waals surface area contributed by atoms with Gasteiger partial charge in [-0.3, -0.25) is 9.69 Å². The van der Waals surface area contributed by atoms with Gasteiger partial charge in [0.25, 0.3) is 5.91 Å². The first-order chi connectivity index (χ1) is 14.6. The molecule has 1 N–H and O–H groups in total. The lowest BCUT2D eigenvalue weighted by molar-refractivity contribution is -0.192. The minimum Gasteiger partial charge on any atom is -0.475 e. The normalized spacial score (nSPS) is 27.4. The monoisotopic (exact) mass is 463 g/mol. The highest BCUT2D eigenvalue weighted by molar-refractivity contribution is 7.09. The molecular formula is C20H28F3N3O4S. The molecule has 4 rings (SSSR count). The number of rotatable bonds is 3. The third kappa shape index (κ3) is 6.63. The number of ether oxygens (including phenoxy) is 1. The summed E-state index contributed by atoms with van der Waals surface area (Å²) in [6, 6.07) is 0. The summed E-state index contributed by atoms with van der Waals surface area (Å²) < 4.78 is 37.9. The number of nitrogens with zero attached hydrogens (tertiary/aromatic N) is 3. The van der Waals surface area contributed by atoms with Crippen molar-refractivity contribution >= 4 is 23.2 Å². The molecule has 1 aromatic rings. The highest BCUT2D eigenvalue weighted by atomic mass is 32.1. The molecule has 0 aliphatic carbocycles. The molecule has 0 bridgehead atoms. The summed E-state index contributed by atoms with van der Waals surface area (Å²) in [6.07, 6.45) is 1.12. The van der Waals surface area contributed by atoms with Gasteiger partial charge in [0.2, 0.25) is 0 Å². The van der Waals surface area contributed by atoms with Gasteiger partial charge in [-0.05, 0) is 44.1 Å². The molecule has 0 unspecified atom stereocenters. The number of aliphatic carboxylic acids is 1. The van der Waals surface area contributed by atoms with E-state index in [0.29, 0.717) is 5.92 Å². The van der Waals surface area contributed by atoms with Gasteiger partial charge in [-0.25, -0.2) is 9.78 Å². The zero-order chi connectivity index (χ0) is 22.6. The van der Waals surface area contributed by atoms with Gasteiger partial charge in [-0.2, -0.15) is 13.2 Å². The van der Waals surface area contributed by atoms with Gasteiger partial charge in [0.15, 0.2) is 0 Å². The van der Waals surface area contributed by atoms with Crippen LogP contribution in [0.2, 0.25) is 0 Å². The molecule has 1 amide bonds. The SMILES string of the molecule is CC1CCN(C(=O)[C@@H]2C[C@@H]3CCN(Cc4nccs4)C[C@H]3O2)CC1.O=C(O)C(F)(F)F. The van der Waals surface area contributed by atoms with Gasteiger partial charge in [-0.1, -0.05) is 6.92 Å². The van der Waals surface area contributed by atoms with Crippen LogP contribution in [0.5, 0.6) is 0 Å². The van der Waals surface area contributed by atoms with E-state index in [2.05, 4.69) is 16.8 Å². The van der Waals surface area contributed by atoms with Crippen molar-refractivity contribution in [3.63, 3.8) is 0 Å². The number of hydrogen-bond donors (Lipinski definition) is 1. The fourth-order valence-corrected chi connectivity index (χ4v) is 4.91. The fraction of sp³-hybridized carbons (Fsp3) is 0.750. The van der Waals surface area contributed by atoms with Gasteiger partial charge in [0.1, 0.15) is 11.1 Å². The van der Waals surface area contributed by atoms with Crippen LogP contribution in [0.25, 0.3) is 0 Å². The minimum atomic E-state index is -5.08. The van der Waals surface area contributed by atoms with Gasteiger partial charge in [-0.15, -0.1) is 11.3 Å². The maximum Gasteiger partial charge on any atom is 0.490 e. The second kappa shape index (κ2) is 10.3. The van der Waals surface area contributed by atoms with E-state index in [9.17, 15) is 18.0 Å². The number of likely N-dealkylation sites (tertiary alicyclic amines) is 2. The predicted octanol–water partition coefficient (Wildman–Crippen LogP) is 3.01. The first kappa shape index (κ1) is 23.9. The molecule has 0 spiro atoms. The Labute approximate surface area is 183 Å². The van der Waals surface area contributed by atoms with E-state index < -0.39 is 12.1 Å². The lowest BCUT2D eigenvalue weighted by atomic mass is 9.91. The van der Waals surface area contributed by atoms with Crippen LogP contribution >= 0.6 is 11.3 Å².